The molecule has 228 valence electrons. The SMILES string of the molecule is CCC(C)C(NC(=O)C(N)CCCN=C(N)N)C(=O)NC(Cc1ccccc1)C(=O)NC(Cc1ccccc1)C(=O)O. The molecule has 2 aromatic carbocycles. The van der Waals surface area contributed by atoms with Gasteiger partial charge in [-0.1, -0.05) is 80.9 Å². The summed E-state index contributed by atoms with van der Waals surface area (Å²) in [5.41, 5.74) is 18.2. The Bertz CT molecular complexity index is 1190. The van der Waals surface area contributed by atoms with Crippen LogP contribution in [0.2, 0.25) is 0 Å². The first-order chi connectivity index (χ1) is 20.0. The van der Waals surface area contributed by atoms with E-state index in [9.17, 15) is 24.3 Å². The Balaban J connectivity index is 2.20. The van der Waals surface area contributed by atoms with Gasteiger partial charge in [-0.25, -0.2) is 4.79 Å². The molecule has 0 aliphatic heterocycles. The molecule has 0 heterocycles. The molecule has 0 aliphatic rings. The molecule has 12 heteroatoms. The van der Waals surface area contributed by atoms with Crippen LogP contribution in [0.25, 0.3) is 0 Å². The second-order valence-electron chi connectivity index (χ2n) is 10.3. The highest BCUT2D eigenvalue weighted by molar-refractivity contribution is 5.94. The minimum Gasteiger partial charge on any atom is -0.480 e. The highest BCUT2D eigenvalue weighted by Gasteiger charge is 2.32. The van der Waals surface area contributed by atoms with E-state index < -0.39 is 47.9 Å². The summed E-state index contributed by atoms with van der Waals surface area (Å²) in [6.45, 7) is 4.00. The van der Waals surface area contributed by atoms with Crippen molar-refractivity contribution in [2.75, 3.05) is 6.54 Å². The van der Waals surface area contributed by atoms with Gasteiger partial charge in [0.2, 0.25) is 17.7 Å². The molecule has 42 heavy (non-hydrogen) atoms. The van der Waals surface area contributed by atoms with E-state index in [0.29, 0.717) is 25.8 Å². The number of carbonyl (C=O) groups excluding carboxylic acids is 3. The number of carboxylic acid groups (broad SMARTS) is 1. The summed E-state index contributed by atoms with van der Waals surface area (Å²) < 4.78 is 0. The first-order valence-corrected chi connectivity index (χ1v) is 14.0. The Morgan fingerprint density at radius 2 is 1.33 bits per heavy atom. The van der Waals surface area contributed by atoms with E-state index in [2.05, 4.69) is 20.9 Å². The lowest BCUT2D eigenvalue weighted by Crippen LogP contribution is -2.59. The van der Waals surface area contributed by atoms with E-state index in [-0.39, 0.29) is 24.7 Å². The maximum atomic E-state index is 13.5. The topological polar surface area (TPSA) is 215 Å². The minimum absolute atomic E-state index is 0.0506. The van der Waals surface area contributed by atoms with Gasteiger partial charge in [0.25, 0.3) is 0 Å². The zero-order chi connectivity index (χ0) is 31.1. The number of nitrogens with one attached hydrogen (secondary N) is 3. The van der Waals surface area contributed by atoms with Gasteiger partial charge in [-0.2, -0.15) is 0 Å². The number of nitrogens with two attached hydrogens (primary N) is 3. The third-order valence-electron chi connectivity index (χ3n) is 6.91. The Kier molecular flexibility index (Phi) is 14.0. The lowest BCUT2D eigenvalue weighted by molar-refractivity contribution is -0.142. The molecule has 0 aromatic heterocycles. The van der Waals surface area contributed by atoms with Crippen LogP contribution in [0.15, 0.2) is 65.7 Å². The van der Waals surface area contributed by atoms with Crippen molar-refractivity contribution in [3.05, 3.63) is 71.8 Å². The van der Waals surface area contributed by atoms with Crippen LogP contribution >= 0.6 is 0 Å². The van der Waals surface area contributed by atoms with Gasteiger partial charge in [0, 0.05) is 19.4 Å². The van der Waals surface area contributed by atoms with Crippen LogP contribution in [0.1, 0.15) is 44.2 Å². The van der Waals surface area contributed by atoms with Crippen molar-refractivity contribution in [3.8, 4) is 0 Å². The number of carboxylic acids is 1. The minimum atomic E-state index is -1.21. The standard InChI is InChI=1S/C30H43N7O5/c1-3-19(2)25(37-26(38)22(31)15-10-16-34-30(32)33)28(40)35-23(17-20-11-6-4-7-12-20)27(39)36-24(29(41)42)18-21-13-8-5-9-14-21/h4-9,11-14,19,22-25H,3,10,15-18,31H2,1-2H3,(H,35,40)(H,36,39)(H,37,38)(H,41,42)(H4,32,33,34). The van der Waals surface area contributed by atoms with Crippen molar-refractivity contribution < 1.29 is 24.3 Å². The van der Waals surface area contributed by atoms with Crippen molar-refractivity contribution in [2.45, 2.75) is 70.1 Å². The van der Waals surface area contributed by atoms with Crippen molar-refractivity contribution in [2.24, 2.45) is 28.1 Å². The molecule has 2 rings (SSSR count). The first kappa shape index (κ1) is 33.8. The quantitative estimate of drug-likeness (QED) is 0.0788. The first-order valence-electron chi connectivity index (χ1n) is 14.0. The maximum Gasteiger partial charge on any atom is 0.326 e. The molecule has 5 unspecified atom stereocenters. The molecule has 0 spiro atoms. The van der Waals surface area contributed by atoms with Crippen LogP contribution in [0.5, 0.6) is 0 Å². The molecule has 3 amide bonds. The number of amides is 3. The number of rotatable bonds is 17. The zero-order valence-electron chi connectivity index (χ0n) is 24.2. The molecule has 12 nitrogen and oxygen atoms in total. The third-order valence-corrected chi connectivity index (χ3v) is 6.91. The average molecular weight is 582 g/mol. The Morgan fingerprint density at radius 1 is 0.810 bits per heavy atom. The summed E-state index contributed by atoms with van der Waals surface area (Å²) in [4.78, 5) is 55.7. The normalized spacial score (nSPS) is 14.4. The van der Waals surface area contributed by atoms with Crippen LogP contribution in [-0.2, 0) is 32.0 Å². The van der Waals surface area contributed by atoms with Gasteiger partial charge in [-0.05, 0) is 29.9 Å². The molecule has 0 saturated carbocycles. The summed E-state index contributed by atoms with van der Waals surface area (Å²) in [6, 6.07) is 13.8. The van der Waals surface area contributed by atoms with Gasteiger partial charge in [-0.15, -0.1) is 0 Å². The molecule has 0 radical (unpaired) electrons. The molecule has 10 N–H and O–H groups in total. The fraction of sp³-hybridized carbons (Fsp3) is 0.433. The molecule has 0 saturated heterocycles. The van der Waals surface area contributed by atoms with Gasteiger partial charge in [0.1, 0.15) is 18.1 Å². The summed E-state index contributed by atoms with van der Waals surface area (Å²) in [7, 11) is 0. The van der Waals surface area contributed by atoms with Crippen molar-refractivity contribution >= 4 is 29.7 Å². The lowest BCUT2D eigenvalue weighted by Gasteiger charge is -2.28. The van der Waals surface area contributed by atoms with Gasteiger partial charge in [0.15, 0.2) is 5.96 Å². The van der Waals surface area contributed by atoms with Gasteiger partial charge in [-0.3, -0.25) is 19.4 Å². The van der Waals surface area contributed by atoms with Crippen LogP contribution in [-0.4, -0.2) is 65.5 Å². The fourth-order valence-electron chi connectivity index (χ4n) is 4.26. The second kappa shape index (κ2) is 17.4. The number of benzene rings is 2. The number of aliphatic carboxylic acids is 1. The maximum absolute atomic E-state index is 13.5. The van der Waals surface area contributed by atoms with Crippen LogP contribution in [0.3, 0.4) is 0 Å². The fourth-order valence-corrected chi connectivity index (χ4v) is 4.26. The van der Waals surface area contributed by atoms with Crippen molar-refractivity contribution in [3.63, 3.8) is 0 Å². The summed E-state index contributed by atoms with van der Waals surface area (Å²) in [5, 5.41) is 17.9. The Morgan fingerprint density at radius 3 is 1.83 bits per heavy atom. The predicted molar refractivity (Wildman–Crippen MR) is 161 cm³/mol. The highest BCUT2D eigenvalue weighted by Crippen LogP contribution is 2.12. The van der Waals surface area contributed by atoms with Crippen LogP contribution in [0, 0.1) is 5.92 Å². The smallest absolute Gasteiger partial charge is 0.326 e. The molecule has 0 fully saturated rings. The second-order valence-corrected chi connectivity index (χ2v) is 10.3. The molecule has 0 bridgehead atoms. The van der Waals surface area contributed by atoms with Gasteiger partial charge < -0.3 is 38.3 Å². The predicted octanol–water partition coefficient (Wildman–Crippen LogP) is 0.438. The van der Waals surface area contributed by atoms with Crippen LogP contribution < -0.4 is 33.2 Å². The average Bonchev–Trinajstić information content (AvgIpc) is 2.97. The Hall–Kier alpha value is -4.45. The number of hydrogen-bond donors (Lipinski definition) is 7. The number of nitrogens with zero attached hydrogens (tertiary/aromatic N) is 1. The van der Waals surface area contributed by atoms with E-state index in [1.165, 1.54) is 0 Å². The van der Waals surface area contributed by atoms with Gasteiger partial charge in [0.05, 0.1) is 6.04 Å². The summed E-state index contributed by atoms with van der Waals surface area (Å²) in [6.07, 6.45) is 1.52. The van der Waals surface area contributed by atoms with Crippen molar-refractivity contribution in [1.82, 2.24) is 16.0 Å². The van der Waals surface area contributed by atoms with Gasteiger partial charge >= 0.3 is 5.97 Å². The molecule has 5 atom stereocenters. The van der Waals surface area contributed by atoms with Crippen molar-refractivity contribution in [1.29, 1.82) is 0 Å². The highest BCUT2D eigenvalue weighted by atomic mass is 16.4. The summed E-state index contributed by atoms with van der Waals surface area (Å²) in [5.74, 6) is -3.27. The van der Waals surface area contributed by atoms with E-state index in [4.69, 9.17) is 17.2 Å². The number of carbonyl (C=O) groups is 4. The van der Waals surface area contributed by atoms with E-state index in [1.54, 1.807) is 55.5 Å². The number of guanidine groups is 1. The van der Waals surface area contributed by atoms with E-state index in [0.717, 1.165) is 11.1 Å². The number of aliphatic imine (C=N–C) groups is 1. The largest absolute Gasteiger partial charge is 0.480 e. The zero-order valence-corrected chi connectivity index (χ0v) is 24.2. The molecular weight excluding hydrogens is 538 g/mol. The number of hydrogen-bond acceptors (Lipinski definition) is 6. The van der Waals surface area contributed by atoms with Crippen LogP contribution in [0.4, 0.5) is 0 Å². The molecular formula is C30H43N7O5. The lowest BCUT2D eigenvalue weighted by atomic mass is 9.96. The Labute approximate surface area is 246 Å². The third kappa shape index (κ3) is 11.6. The molecule has 2 aromatic rings. The monoisotopic (exact) mass is 581 g/mol. The summed E-state index contributed by atoms with van der Waals surface area (Å²) >= 11 is 0. The molecule has 0 aliphatic carbocycles. The van der Waals surface area contributed by atoms with E-state index >= 15 is 0 Å². The van der Waals surface area contributed by atoms with E-state index in [1.807, 2.05) is 19.1 Å².